The molecule has 9 nitrogen and oxygen atoms in total. The second-order valence-corrected chi connectivity index (χ2v) is 9.36. The Morgan fingerprint density at radius 3 is 2.36 bits per heavy atom. The number of thioether (sulfide) groups is 1. The highest BCUT2D eigenvalue weighted by atomic mass is 32.2. The van der Waals surface area contributed by atoms with Gasteiger partial charge in [0.05, 0.1) is 20.8 Å². The van der Waals surface area contributed by atoms with Crippen LogP contribution < -0.4 is 4.74 Å². The number of rotatable bonds is 6. The van der Waals surface area contributed by atoms with Crippen molar-refractivity contribution in [2.75, 3.05) is 0 Å². The van der Waals surface area contributed by atoms with Gasteiger partial charge in [-0.2, -0.15) is 0 Å². The molecule has 0 bridgehead atoms. The van der Waals surface area contributed by atoms with E-state index >= 15 is 0 Å². The summed E-state index contributed by atoms with van der Waals surface area (Å²) in [5.41, 5.74) is -0.140. The molecule has 2 fully saturated rings. The van der Waals surface area contributed by atoms with Crippen molar-refractivity contribution in [1.82, 2.24) is 4.90 Å². The molecule has 170 valence electrons. The van der Waals surface area contributed by atoms with Gasteiger partial charge in [-0.05, 0) is 42.7 Å². The predicted octanol–water partition coefficient (Wildman–Crippen LogP) is 5.83. The number of ether oxygens (including phenoxy) is 1. The van der Waals surface area contributed by atoms with Crippen molar-refractivity contribution in [2.24, 2.45) is 0 Å². The first-order valence-corrected chi connectivity index (χ1v) is 11.5. The lowest BCUT2D eigenvalue weighted by atomic mass is 9.94. The molecule has 0 atom stereocenters. The summed E-state index contributed by atoms with van der Waals surface area (Å²) in [5, 5.41) is 22.2. The van der Waals surface area contributed by atoms with Crippen molar-refractivity contribution < 1.29 is 19.4 Å². The van der Waals surface area contributed by atoms with Crippen LogP contribution >= 0.6 is 24.0 Å². The minimum Gasteiger partial charge on any atom is -0.450 e. The molecule has 0 spiro atoms. The molecule has 11 heteroatoms. The molecule has 2 aliphatic rings. The monoisotopic (exact) mass is 485 g/mol. The molecule has 1 aliphatic heterocycles. The second kappa shape index (κ2) is 9.67. The van der Waals surface area contributed by atoms with Gasteiger partial charge in [0.1, 0.15) is 10.1 Å². The van der Waals surface area contributed by atoms with E-state index in [1.165, 1.54) is 24.2 Å². The summed E-state index contributed by atoms with van der Waals surface area (Å²) >= 11 is 6.75. The number of hydrogen-bond donors (Lipinski definition) is 0. The molecule has 2 aromatic carbocycles. The van der Waals surface area contributed by atoms with Crippen LogP contribution in [0.1, 0.15) is 37.7 Å². The normalized spacial score (nSPS) is 18.1. The second-order valence-electron chi connectivity index (χ2n) is 7.68. The van der Waals surface area contributed by atoms with Gasteiger partial charge in [-0.3, -0.25) is 29.9 Å². The topological polar surface area (TPSA) is 116 Å². The van der Waals surface area contributed by atoms with E-state index in [4.69, 9.17) is 17.0 Å². The van der Waals surface area contributed by atoms with Gasteiger partial charge >= 0.3 is 5.69 Å². The average molecular weight is 486 g/mol. The summed E-state index contributed by atoms with van der Waals surface area (Å²) in [6.07, 6.45) is 7.12. The summed E-state index contributed by atoms with van der Waals surface area (Å²) in [7, 11) is 0. The van der Waals surface area contributed by atoms with Gasteiger partial charge in [0, 0.05) is 12.1 Å². The smallest absolute Gasteiger partial charge is 0.318 e. The van der Waals surface area contributed by atoms with Gasteiger partial charge in [-0.1, -0.05) is 55.4 Å². The molecule has 33 heavy (non-hydrogen) atoms. The van der Waals surface area contributed by atoms with Crippen molar-refractivity contribution in [3.05, 3.63) is 73.2 Å². The molecular formula is C22H19N3O6S2. The number of amides is 1. The van der Waals surface area contributed by atoms with Gasteiger partial charge in [-0.15, -0.1) is 0 Å². The first-order chi connectivity index (χ1) is 15.8. The SMILES string of the molecule is O=C1/C(=C/c2ccc(Oc3ccc([N+](=O)[O-])cc3[N+](=O)[O-])cc2)SC(=S)N1C1CCCCC1. The molecular weight excluding hydrogens is 466 g/mol. The number of non-ortho nitro benzene ring substituents is 1. The van der Waals surface area contributed by atoms with Gasteiger partial charge in [0.2, 0.25) is 5.75 Å². The number of carbonyl (C=O) groups is 1. The number of carbonyl (C=O) groups excluding carboxylic acids is 1. The Bertz CT molecular complexity index is 1160. The summed E-state index contributed by atoms with van der Waals surface area (Å²) in [4.78, 5) is 35.9. The zero-order valence-corrected chi connectivity index (χ0v) is 19.0. The largest absolute Gasteiger partial charge is 0.450 e. The van der Waals surface area contributed by atoms with E-state index in [-0.39, 0.29) is 17.7 Å². The molecule has 0 aromatic heterocycles. The first kappa shape index (κ1) is 22.9. The van der Waals surface area contributed by atoms with Crippen LogP contribution in [-0.4, -0.2) is 31.0 Å². The van der Waals surface area contributed by atoms with Crippen molar-refractivity contribution in [1.29, 1.82) is 0 Å². The van der Waals surface area contributed by atoms with Gasteiger partial charge in [0.25, 0.3) is 11.6 Å². The zero-order chi connectivity index (χ0) is 23.5. The quantitative estimate of drug-likeness (QED) is 0.217. The van der Waals surface area contributed by atoms with Crippen LogP contribution in [0.3, 0.4) is 0 Å². The molecule has 0 N–H and O–H groups in total. The fourth-order valence-electron chi connectivity index (χ4n) is 3.89. The van der Waals surface area contributed by atoms with E-state index in [0.717, 1.165) is 43.4 Å². The van der Waals surface area contributed by atoms with Crippen LogP contribution in [-0.2, 0) is 4.79 Å². The summed E-state index contributed by atoms with van der Waals surface area (Å²) in [5.74, 6) is 0.143. The standard InChI is InChI=1S/C22H19N3O6S2/c26-21-20(33-22(32)23(21)15-4-2-1-3-5-15)12-14-6-9-17(10-7-14)31-19-11-8-16(24(27)28)13-18(19)25(29)30/h6-13,15H,1-5H2/b20-12-. The third kappa shape index (κ3) is 5.04. The molecule has 1 heterocycles. The highest BCUT2D eigenvalue weighted by Crippen LogP contribution is 2.38. The van der Waals surface area contributed by atoms with E-state index in [0.29, 0.717) is 15.0 Å². The Kier molecular flexibility index (Phi) is 6.70. The van der Waals surface area contributed by atoms with Gasteiger partial charge in [-0.25, -0.2) is 0 Å². The fourth-order valence-corrected chi connectivity index (χ4v) is 5.29. The lowest BCUT2D eigenvalue weighted by Gasteiger charge is -2.29. The molecule has 1 amide bonds. The van der Waals surface area contributed by atoms with E-state index in [1.807, 2.05) is 0 Å². The van der Waals surface area contributed by atoms with Crippen LogP contribution in [0.25, 0.3) is 6.08 Å². The Balaban J connectivity index is 1.49. The van der Waals surface area contributed by atoms with Crippen LogP contribution in [0.5, 0.6) is 11.5 Å². The number of nitrogens with zero attached hydrogens (tertiary/aromatic N) is 3. The molecule has 2 aromatic rings. The van der Waals surface area contributed by atoms with Crippen molar-refractivity contribution in [2.45, 2.75) is 38.1 Å². The van der Waals surface area contributed by atoms with E-state index in [2.05, 4.69) is 0 Å². The van der Waals surface area contributed by atoms with Gasteiger partial charge in [0.15, 0.2) is 0 Å². The maximum absolute atomic E-state index is 12.9. The molecule has 1 saturated heterocycles. The highest BCUT2D eigenvalue weighted by Gasteiger charge is 2.37. The third-order valence-electron chi connectivity index (χ3n) is 5.52. The number of thiocarbonyl (C=S) groups is 1. The van der Waals surface area contributed by atoms with Crippen LogP contribution in [0.2, 0.25) is 0 Å². The van der Waals surface area contributed by atoms with Crippen LogP contribution in [0, 0.1) is 20.2 Å². The number of benzene rings is 2. The Morgan fingerprint density at radius 2 is 1.73 bits per heavy atom. The first-order valence-electron chi connectivity index (χ1n) is 10.3. The predicted molar refractivity (Wildman–Crippen MR) is 128 cm³/mol. The number of nitro benzene ring substituents is 2. The molecule has 0 radical (unpaired) electrons. The van der Waals surface area contributed by atoms with Crippen LogP contribution in [0.15, 0.2) is 47.4 Å². The Morgan fingerprint density at radius 1 is 1.03 bits per heavy atom. The van der Waals surface area contributed by atoms with Crippen LogP contribution in [0.4, 0.5) is 11.4 Å². The van der Waals surface area contributed by atoms with E-state index in [9.17, 15) is 25.0 Å². The summed E-state index contributed by atoms with van der Waals surface area (Å²) in [6, 6.07) is 10.0. The lowest BCUT2D eigenvalue weighted by molar-refractivity contribution is -0.394. The molecule has 1 saturated carbocycles. The molecule has 1 aliphatic carbocycles. The molecule has 0 unspecified atom stereocenters. The Hall–Kier alpha value is -3.31. The zero-order valence-electron chi connectivity index (χ0n) is 17.3. The van der Waals surface area contributed by atoms with Crippen molar-refractivity contribution in [3.63, 3.8) is 0 Å². The van der Waals surface area contributed by atoms with Gasteiger partial charge < -0.3 is 4.74 Å². The minimum atomic E-state index is -0.731. The average Bonchev–Trinajstić information content (AvgIpc) is 3.08. The van der Waals surface area contributed by atoms with E-state index in [1.54, 1.807) is 35.2 Å². The summed E-state index contributed by atoms with van der Waals surface area (Å²) in [6.45, 7) is 0. The maximum atomic E-state index is 12.9. The minimum absolute atomic E-state index is 0.0706. The lowest BCUT2D eigenvalue weighted by Crippen LogP contribution is -2.39. The van der Waals surface area contributed by atoms with E-state index < -0.39 is 21.2 Å². The number of nitro groups is 2. The van der Waals surface area contributed by atoms with Crippen molar-refractivity contribution >= 4 is 51.7 Å². The fraction of sp³-hybridized carbons (Fsp3) is 0.273. The maximum Gasteiger partial charge on any atom is 0.318 e. The van der Waals surface area contributed by atoms with Crippen molar-refractivity contribution in [3.8, 4) is 11.5 Å². The number of hydrogen-bond acceptors (Lipinski definition) is 8. The molecule has 4 rings (SSSR count). The summed E-state index contributed by atoms with van der Waals surface area (Å²) < 4.78 is 6.17. The third-order valence-corrected chi connectivity index (χ3v) is 6.85. The Labute approximate surface area is 198 Å². The highest BCUT2D eigenvalue weighted by molar-refractivity contribution is 8.26.